The molecule has 11 heavy (non-hydrogen) atoms. The highest BCUT2D eigenvalue weighted by Gasteiger charge is 2.29. The zero-order valence-corrected chi connectivity index (χ0v) is 7.69. The van der Waals surface area contributed by atoms with E-state index < -0.39 is 0 Å². The maximum atomic E-state index is 5.30. The number of nitrogens with one attached hydrogen (secondary N) is 1. The molecule has 2 nitrogen and oxygen atoms in total. The Hall–Kier alpha value is -0.0500. The fourth-order valence-corrected chi connectivity index (χ4v) is 1.18. The van der Waals surface area contributed by atoms with Gasteiger partial charge in [-0.25, -0.2) is 0 Å². The second kappa shape index (κ2) is 5.58. The molecule has 0 radical (unpaired) electrons. The highest BCUT2D eigenvalue weighted by Crippen LogP contribution is 2.15. The lowest BCUT2D eigenvalue weighted by Crippen LogP contribution is -2.53. The molecule has 1 aliphatic rings. The van der Waals surface area contributed by atoms with Gasteiger partial charge in [0.1, 0.15) is 0 Å². The molecule has 0 aromatic heterocycles. The zero-order chi connectivity index (χ0) is 7.40. The Labute approximate surface area is 74.4 Å². The summed E-state index contributed by atoms with van der Waals surface area (Å²) < 4.78 is 5.30. The van der Waals surface area contributed by atoms with Gasteiger partial charge in [-0.15, -0.1) is 19.0 Å². The molecule has 0 bridgehead atoms. The van der Waals surface area contributed by atoms with Crippen molar-refractivity contribution in [3.63, 3.8) is 0 Å². The van der Waals surface area contributed by atoms with Crippen LogP contribution in [0.4, 0.5) is 0 Å². The smallest absolute Gasteiger partial charge is 0.0785 e. The number of hydrogen-bond donors (Lipinski definition) is 1. The SMILES string of the molecule is C=CCC1OCC1NCC.Cl. The first kappa shape index (κ1) is 11.0. The van der Waals surface area contributed by atoms with Crippen molar-refractivity contribution in [2.75, 3.05) is 13.2 Å². The van der Waals surface area contributed by atoms with Crippen LogP contribution in [0.25, 0.3) is 0 Å². The third-order valence-corrected chi connectivity index (χ3v) is 1.80. The van der Waals surface area contributed by atoms with Crippen LogP contribution < -0.4 is 5.32 Å². The van der Waals surface area contributed by atoms with Crippen LogP contribution in [0.2, 0.25) is 0 Å². The van der Waals surface area contributed by atoms with Crippen LogP contribution in [0.1, 0.15) is 13.3 Å². The predicted octanol–water partition coefficient (Wildman–Crippen LogP) is 1.36. The van der Waals surface area contributed by atoms with E-state index in [9.17, 15) is 0 Å². The molecule has 1 aliphatic heterocycles. The quantitative estimate of drug-likeness (QED) is 0.655. The van der Waals surface area contributed by atoms with Gasteiger partial charge < -0.3 is 10.1 Å². The molecule has 1 rings (SSSR count). The van der Waals surface area contributed by atoms with Gasteiger partial charge in [-0.2, -0.15) is 0 Å². The van der Waals surface area contributed by atoms with Crippen molar-refractivity contribution in [1.29, 1.82) is 0 Å². The van der Waals surface area contributed by atoms with Gasteiger partial charge in [0.25, 0.3) is 0 Å². The second-order valence-corrected chi connectivity index (χ2v) is 2.56. The first-order valence-corrected chi connectivity index (χ1v) is 3.84. The summed E-state index contributed by atoms with van der Waals surface area (Å²) in [6.07, 6.45) is 3.27. The predicted molar refractivity (Wildman–Crippen MR) is 49.3 cm³/mol. The topological polar surface area (TPSA) is 21.3 Å². The van der Waals surface area contributed by atoms with Gasteiger partial charge in [-0.1, -0.05) is 13.0 Å². The van der Waals surface area contributed by atoms with Crippen molar-refractivity contribution in [3.8, 4) is 0 Å². The van der Waals surface area contributed by atoms with Gasteiger partial charge in [0.15, 0.2) is 0 Å². The van der Waals surface area contributed by atoms with Gasteiger partial charge in [0.05, 0.1) is 18.8 Å². The first-order chi connectivity index (χ1) is 4.88. The average Bonchev–Trinajstić information content (AvgIpc) is 1.93. The lowest BCUT2D eigenvalue weighted by atomic mass is 10.0. The Morgan fingerprint density at radius 1 is 1.73 bits per heavy atom. The van der Waals surface area contributed by atoms with Crippen molar-refractivity contribution >= 4 is 12.4 Å². The summed E-state index contributed by atoms with van der Waals surface area (Å²) in [7, 11) is 0. The van der Waals surface area contributed by atoms with Gasteiger partial charge in [0, 0.05) is 0 Å². The van der Waals surface area contributed by atoms with Crippen molar-refractivity contribution in [2.45, 2.75) is 25.5 Å². The molecule has 1 fully saturated rings. The van der Waals surface area contributed by atoms with Crippen LogP contribution in [-0.4, -0.2) is 25.3 Å². The molecule has 0 aromatic rings. The fraction of sp³-hybridized carbons (Fsp3) is 0.750. The molecule has 0 spiro atoms. The lowest BCUT2D eigenvalue weighted by Gasteiger charge is -2.36. The van der Waals surface area contributed by atoms with Gasteiger partial charge in [-0.05, 0) is 13.0 Å². The van der Waals surface area contributed by atoms with Crippen molar-refractivity contribution in [1.82, 2.24) is 5.32 Å². The van der Waals surface area contributed by atoms with E-state index >= 15 is 0 Å². The van der Waals surface area contributed by atoms with Gasteiger partial charge >= 0.3 is 0 Å². The fourth-order valence-electron chi connectivity index (χ4n) is 1.18. The van der Waals surface area contributed by atoms with Crippen LogP contribution in [0.15, 0.2) is 12.7 Å². The van der Waals surface area contributed by atoms with Gasteiger partial charge in [-0.3, -0.25) is 0 Å². The molecular formula is C8H16ClNO. The summed E-state index contributed by atoms with van der Waals surface area (Å²) >= 11 is 0. The minimum Gasteiger partial charge on any atom is -0.374 e. The van der Waals surface area contributed by atoms with Crippen molar-refractivity contribution in [3.05, 3.63) is 12.7 Å². The third-order valence-electron chi connectivity index (χ3n) is 1.80. The van der Waals surface area contributed by atoms with E-state index in [1.807, 2.05) is 6.08 Å². The highest BCUT2D eigenvalue weighted by molar-refractivity contribution is 5.85. The number of rotatable bonds is 4. The molecule has 66 valence electrons. The second-order valence-electron chi connectivity index (χ2n) is 2.56. The first-order valence-electron chi connectivity index (χ1n) is 3.84. The third kappa shape index (κ3) is 2.81. The summed E-state index contributed by atoms with van der Waals surface area (Å²) in [4.78, 5) is 0. The van der Waals surface area contributed by atoms with Crippen molar-refractivity contribution < 1.29 is 4.74 Å². The molecule has 0 aliphatic carbocycles. The van der Waals surface area contributed by atoms with E-state index in [0.29, 0.717) is 12.1 Å². The molecule has 1 N–H and O–H groups in total. The molecule has 0 saturated carbocycles. The Kier molecular flexibility index (Phi) is 5.56. The van der Waals surface area contributed by atoms with E-state index in [2.05, 4.69) is 18.8 Å². The maximum absolute atomic E-state index is 5.30. The Balaban J connectivity index is 0.000001000. The Bertz CT molecular complexity index is 119. The minimum atomic E-state index is 0. The summed E-state index contributed by atoms with van der Waals surface area (Å²) in [5, 5.41) is 3.34. The van der Waals surface area contributed by atoms with E-state index in [1.54, 1.807) is 0 Å². The van der Waals surface area contributed by atoms with Crippen LogP contribution >= 0.6 is 12.4 Å². The number of ether oxygens (including phenoxy) is 1. The molecular weight excluding hydrogens is 162 g/mol. The van der Waals surface area contributed by atoms with Crippen LogP contribution in [0.5, 0.6) is 0 Å². The number of likely N-dealkylation sites (N-methyl/N-ethyl adjacent to an activating group) is 1. The van der Waals surface area contributed by atoms with Crippen LogP contribution in [0, 0.1) is 0 Å². The largest absolute Gasteiger partial charge is 0.374 e. The molecule has 0 amide bonds. The Morgan fingerprint density at radius 2 is 2.45 bits per heavy atom. The normalized spacial score (nSPS) is 28.5. The summed E-state index contributed by atoms with van der Waals surface area (Å²) in [5.41, 5.74) is 0. The molecule has 1 saturated heterocycles. The van der Waals surface area contributed by atoms with Crippen LogP contribution in [0.3, 0.4) is 0 Å². The van der Waals surface area contributed by atoms with Crippen molar-refractivity contribution in [2.24, 2.45) is 0 Å². The van der Waals surface area contributed by atoms with E-state index in [1.165, 1.54) is 0 Å². The molecule has 1 heterocycles. The van der Waals surface area contributed by atoms with Crippen LogP contribution in [-0.2, 0) is 4.74 Å². The average molecular weight is 178 g/mol. The molecule has 2 unspecified atom stereocenters. The van der Waals surface area contributed by atoms with Gasteiger partial charge in [0.2, 0.25) is 0 Å². The summed E-state index contributed by atoms with van der Waals surface area (Å²) in [5.74, 6) is 0. The molecule has 2 atom stereocenters. The number of halogens is 1. The van der Waals surface area contributed by atoms with E-state index in [4.69, 9.17) is 4.74 Å². The Morgan fingerprint density at radius 3 is 2.82 bits per heavy atom. The monoisotopic (exact) mass is 177 g/mol. The molecule has 0 aromatic carbocycles. The lowest BCUT2D eigenvalue weighted by molar-refractivity contribution is -0.0835. The standard InChI is InChI=1S/C8H15NO.ClH/c1-3-5-8-7(6-10-8)9-4-2;/h3,7-9H,1,4-6H2,2H3;1H. The van der Waals surface area contributed by atoms with E-state index in [0.717, 1.165) is 19.6 Å². The summed E-state index contributed by atoms with van der Waals surface area (Å²) in [6, 6.07) is 0.572. The van der Waals surface area contributed by atoms with E-state index in [-0.39, 0.29) is 12.4 Å². The molecule has 3 heteroatoms. The zero-order valence-electron chi connectivity index (χ0n) is 6.88. The minimum absolute atomic E-state index is 0. The number of hydrogen-bond acceptors (Lipinski definition) is 2. The highest BCUT2D eigenvalue weighted by atomic mass is 35.5. The maximum Gasteiger partial charge on any atom is 0.0785 e. The summed E-state index contributed by atoms with van der Waals surface area (Å²) in [6.45, 7) is 7.68.